The van der Waals surface area contributed by atoms with Gasteiger partial charge in [-0.3, -0.25) is 13.9 Å². The van der Waals surface area contributed by atoms with Gasteiger partial charge >= 0.3 is 17.7 Å². The van der Waals surface area contributed by atoms with Crippen LogP contribution in [0.2, 0.25) is 0 Å². The standard InChI is InChI=1S/C26H33N5O4/c1-4-30-22-16-20(21(29-13-7-8-14-29)17-23(22)31(5-2)26(30)34)28-25(33)27-19-11-9-18(10-12-19)15-24(32)35-6-3/h9-12,16-17H,4-8,13-15H2,1-3H3,(H2,27,28,33). The maximum atomic E-state index is 12.9. The van der Waals surface area contributed by atoms with Gasteiger partial charge in [0.05, 0.1) is 35.4 Å². The monoisotopic (exact) mass is 479 g/mol. The maximum absolute atomic E-state index is 12.9. The number of imidazole rings is 1. The summed E-state index contributed by atoms with van der Waals surface area (Å²) in [7, 11) is 0. The van der Waals surface area contributed by atoms with Gasteiger partial charge in [-0.25, -0.2) is 9.59 Å². The molecule has 1 aromatic heterocycles. The highest BCUT2D eigenvalue weighted by atomic mass is 16.5. The van der Waals surface area contributed by atoms with E-state index in [1.807, 2.05) is 26.0 Å². The molecule has 9 heteroatoms. The number of aryl methyl sites for hydroxylation is 2. The molecule has 0 saturated carbocycles. The van der Waals surface area contributed by atoms with Crippen molar-refractivity contribution in [1.29, 1.82) is 0 Å². The fourth-order valence-corrected chi connectivity index (χ4v) is 4.65. The molecule has 186 valence electrons. The van der Waals surface area contributed by atoms with Crippen molar-refractivity contribution in [2.75, 3.05) is 35.2 Å². The minimum atomic E-state index is -0.372. The molecule has 1 aliphatic heterocycles. The van der Waals surface area contributed by atoms with Crippen molar-refractivity contribution >= 4 is 40.1 Å². The third kappa shape index (κ3) is 5.18. The van der Waals surface area contributed by atoms with E-state index >= 15 is 0 Å². The Labute approximate surface area is 204 Å². The first kappa shape index (κ1) is 24.4. The Morgan fingerprint density at radius 3 is 2.14 bits per heavy atom. The lowest BCUT2D eigenvalue weighted by atomic mass is 10.1. The lowest BCUT2D eigenvalue weighted by Crippen LogP contribution is -2.24. The van der Waals surface area contributed by atoms with Crippen LogP contribution in [0, 0.1) is 0 Å². The first-order valence-corrected chi connectivity index (χ1v) is 12.3. The minimum Gasteiger partial charge on any atom is -0.466 e. The zero-order chi connectivity index (χ0) is 24.9. The Balaban J connectivity index is 1.58. The zero-order valence-electron chi connectivity index (χ0n) is 20.6. The number of fused-ring (bicyclic) bond motifs is 1. The van der Waals surface area contributed by atoms with Gasteiger partial charge in [0, 0.05) is 31.9 Å². The fraction of sp³-hybridized carbons (Fsp3) is 0.423. The van der Waals surface area contributed by atoms with Crippen molar-refractivity contribution in [3.63, 3.8) is 0 Å². The molecule has 2 amide bonds. The first-order valence-electron chi connectivity index (χ1n) is 12.3. The number of rotatable bonds is 8. The number of hydrogen-bond acceptors (Lipinski definition) is 5. The molecule has 2 N–H and O–H groups in total. The molecule has 1 aliphatic rings. The van der Waals surface area contributed by atoms with E-state index in [1.54, 1.807) is 40.3 Å². The second kappa shape index (κ2) is 10.7. The van der Waals surface area contributed by atoms with Crippen LogP contribution >= 0.6 is 0 Å². The van der Waals surface area contributed by atoms with Crippen LogP contribution in [-0.4, -0.2) is 40.8 Å². The highest BCUT2D eigenvalue weighted by molar-refractivity contribution is 6.04. The Morgan fingerprint density at radius 2 is 1.54 bits per heavy atom. The molecular formula is C26H33N5O4. The summed E-state index contributed by atoms with van der Waals surface area (Å²) in [6, 6.07) is 10.7. The number of carbonyl (C=O) groups is 2. The van der Waals surface area contributed by atoms with E-state index in [2.05, 4.69) is 15.5 Å². The Bertz CT molecular complexity index is 1270. The van der Waals surface area contributed by atoms with Crippen molar-refractivity contribution in [3.05, 3.63) is 52.4 Å². The summed E-state index contributed by atoms with van der Waals surface area (Å²) in [5, 5.41) is 5.86. The predicted molar refractivity (Wildman–Crippen MR) is 138 cm³/mol. The SMILES string of the molecule is CCOC(=O)Cc1ccc(NC(=O)Nc2cc3c(cc2N2CCCC2)n(CC)c(=O)n3CC)cc1. The highest BCUT2D eigenvalue weighted by Crippen LogP contribution is 2.33. The van der Waals surface area contributed by atoms with E-state index in [4.69, 9.17) is 4.74 Å². The van der Waals surface area contributed by atoms with E-state index in [0.29, 0.717) is 31.1 Å². The third-order valence-corrected chi connectivity index (χ3v) is 6.33. The van der Waals surface area contributed by atoms with Crippen LogP contribution < -0.4 is 21.2 Å². The molecule has 0 unspecified atom stereocenters. The molecule has 35 heavy (non-hydrogen) atoms. The van der Waals surface area contributed by atoms with Crippen LogP contribution in [0.1, 0.15) is 39.2 Å². The normalized spacial score (nSPS) is 13.3. The summed E-state index contributed by atoms with van der Waals surface area (Å²) in [4.78, 5) is 39.7. The lowest BCUT2D eigenvalue weighted by molar-refractivity contribution is -0.142. The van der Waals surface area contributed by atoms with E-state index in [1.165, 1.54) is 0 Å². The Morgan fingerprint density at radius 1 is 0.914 bits per heavy atom. The maximum Gasteiger partial charge on any atom is 0.329 e. The number of hydrogen-bond donors (Lipinski definition) is 2. The molecule has 0 radical (unpaired) electrons. The molecule has 0 spiro atoms. The number of nitrogens with one attached hydrogen (secondary N) is 2. The van der Waals surface area contributed by atoms with E-state index in [-0.39, 0.29) is 24.1 Å². The number of nitrogens with zero attached hydrogens (tertiary/aromatic N) is 3. The van der Waals surface area contributed by atoms with Gasteiger partial charge in [-0.15, -0.1) is 0 Å². The molecule has 1 saturated heterocycles. The Kier molecular flexibility index (Phi) is 7.43. The van der Waals surface area contributed by atoms with E-state index < -0.39 is 0 Å². The van der Waals surface area contributed by atoms with E-state index in [0.717, 1.165) is 48.2 Å². The average molecular weight is 480 g/mol. The van der Waals surface area contributed by atoms with Crippen LogP contribution in [0.3, 0.4) is 0 Å². The van der Waals surface area contributed by atoms with Crippen LogP contribution in [0.25, 0.3) is 11.0 Å². The molecule has 0 bridgehead atoms. The van der Waals surface area contributed by atoms with Gasteiger partial charge in [0.15, 0.2) is 0 Å². The smallest absolute Gasteiger partial charge is 0.329 e. The second-order valence-corrected chi connectivity index (χ2v) is 8.58. The molecule has 1 fully saturated rings. The third-order valence-electron chi connectivity index (χ3n) is 6.33. The molecule has 9 nitrogen and oxygen atoms in total. The molecule has 4 rings (SSSR count). The Hall–Kier alpha value is -3.75. The van der Waals surface area contributed by atoms with Crippen molar-refractivity contribution in [2.45, 2.75) is 53.1 Å². The van der Waals surface area contributed by atoms with Gasteiger partial charge in [-0.2, -0.15) is 0 Å². The van der Waals surface area contributed by atoms with Crippen LogP contribution in [-0.2, 0) is 29.0 Å². The zero-order valence-corrected chi connectivity index (χ0v) is 20.6. The summed E-state index contributed by atoms with van der Waals surface area (Å²) in [6.07, 6.45) is 2.38. The summed E-state index contributed by atoms with van der Waals surface area (Å²) < 4.78 is 8.49. The summed E-state index contributed by atoms with van der Waals surface area (Å²) in [5.74, 6) is -0.279. The van der Waals surface area contributed by atoms with Crippen molar-refractivity contribution in [3.8, 4) is 0 Å². The number of esters is 1. The summed E-state index contributed by atoms with van der Waals surface area (Å²) >= 11 is 0. The van der Waals surface area contributed by atoms with Crippen molar-refractivity contribution < 1.29 is 14.3 Å². The van der Waals surface area contributed by atoms with Gasteiger partial charge in [0.2, 0.25) is 0 Å². The van der Waals surface area contributed by atoms with Gasteiger partial charge in [0.25, 0.3) is 0 Å². The molecular weight excluding hydrogens is 446 g/mol. The number of ether oxygens (including phenoxy) is 1. The van der Waals surface area contributed by atoms with Crippen molar-refractivity contribution in [2.24, 2.45) is 0 Å². The lowest BCUT2D eigenvalue weighted by Gasteiger charge is -2.22. The largest absolute Gasteiger partial charge is 0.466 e. The summed E-state index contributed by atoms with van der Waals surface area (Å²) in [5.41, 5.74) is 4.67. The second-order valence-electron chi connectivity index (χ2n) is 8.58. The number of amides is 2. The van der Waals surface area contributed by atoms with Gasteiger partial charge in [-0.1, -0.05) is 12.1 Å². The number of carbonyl (C=O) groups excluding carboxylic acids is 2. The molecule has 2 aromatic carbocycles. The quantitative estimate of drug-likeness (QED) is 0.472. The fourth-order valence-electron chi connectivity index (χ4n) is 4.65. The molecule has 0 atom stereocenters. The number of aromatic nitrogens is 2. The highest BCUT2D eigenvalue weighted by Gasteiger charge is 2.21. The van der Waals surface area contributed by atoms with Crippen molar-refractivity contribution in [1.82, 2.24) is 9.13 Å². The first-order chi connectivity index (χ1) is 16.9. The summed E-state index contributed by atoms with van der Waals surface area (Å²) in [6.45, 7) is 8.99. The van der Waals surface area contributed by atoms with Crippen LogP contribution in [0.15, 0.2) is 41.2 Å². The topological polar surface area (TPSA) is 97.6 Å². The number of benzene rings is 2. The number of urea groups is 1. The van der Waals surface area contributed by atoms with Crippen LogP contribution in [0.4, 0.5) is 21.9 Å². The molecule has 2 heterocycles. The minimum absolute atomic E-state index is 0.0399. The van der Waals surface area contributed by atoms with Gasteiger partial charge in [0.1, 0.15) is 0 Å². The van der Waals surface area contributed by atoms with Gasteiger partial charge < -0.3 is 20.3 Å². The average Bonchev–Trinajstić information content (AvgIpc) is 3.45. The predicted octanol–water partition coefficient (Wildman–Crippen LogP) is 4.19. The van der Waals surface area contributed by atoms with Gasteiger partial charge in [-0.05, 0) is 63.4 Å². The van der Waals surface area contributed by atoms with Crippen LogP contribution in [0.5, 0.6) is 0 Å². The van der Waals surface area contributed by atoms with E-state index in [9.17, 15) is 14.4 Å². The molecule has 0 aliphatic carbocycles. The number of anilines is 3. The molecule has 3 aromatic rings.